The Morgan fingerprint density at radius 1 is 1.35 bits per heavy atom. The minimum absolute atomic E-state index is 0.0318. The Balaban J connectivity index is 1.89. The second kappa shape index (κ2) is 6.66. The lowest BCUT2D eigenvalue weighted by molar-refractivity contribution is -0.113. The van der Waals surface area contributed by atoms with Gasteiger partial charge in [-0.2, -0.15) is 9.78 Å². The van der Waals surface area contributed by atoms with Crippen LogP contribution in [-0.2, 0) is 4.79 Å². The summed E-state index contributed by atoms with van der Waals surface area (Å²) in [4.78, 5) is 16.6. The van der Waals surface area contributed by atoms with Gasteiger partial charge in [0.1, 0.15) is 11.6 Å². The van der Waals surface area contributed by atoms with Crippen LogP contribution < -0.4 is 5.32 Å². The molecule has 0 unspecified atom stereocenters. The van der Waals surface area contributed by atoms with E-state index in [1.807, 2.05) is 31.2 Å². The van der Waals surface area contributed by atoms with Crippen LogP contribution in [0.3, 0.4) is 0 Å². The van der Waals surface area contributed by atoms with Gasteiger partial charge in [0, 0.05) is 11.8 Å². The minimum atomic E-state index is -0.139. The number of anilines is 1. The van der Waals surface area contributed by atoms with Gasteiger partial charge >= 0.3 is 0 Å². The topological polar surface area (TPSA) is 80.0 Å². The molecule has 0 fully saturated rings. The van der Waals surface area contributed by atoms with Gasteiger partial charge in [-0.3, -0.25) is 4.79 Å². The first-order chi connectivity index (χ1) is 12.5. The lowest BCUT2D eigenvalue weighted by atomic mass is 10.0. The van der Waals surface area contributed by atoms with E-state index in [2.05, 4.69) is 15.4 Å². The van der Waals surface area contributed by atoms with Gasteiger partial charge in [0.25, 0.3) is 0 Å². The van der Waals surface area contributed by atoms with Crippen LogP contribution in [0, 0.1) is 6.92 Å². The van der Waals surface area contributed by atoms with E-state index in [1.165, 1.54) is 11.8 Å². The molecule has 3 aromatic rings. The van der Waals surface area contributed by atoms with Crippen LogP contribution in [0.4, 0.5) is 5.82 Å². The summed E-state index contributed by atoms with van der Waals surface area (Å²) in [5.41, 5.74) is 2.61. The number of carbonyl (C=O) groups is 1. The fourth-order valence-corrected chi connectivity index (χ4v) is 4.35. The van der Waals surface area contributed by atoms with E-state index < -0.39 is 0 Å². The summed E-state index contributed by atoms with van der Waals surface area (Å²) >= 11 is 7.60. The van der Waals surface area contributed by atoms with Crippen LogP contribution >= 0.6 is 23.4 Å². The van der Waals surface area contributed by atoms with Crippen LogP contribution in [0.15, 0.2) is 42.6 Å². The Hall–Kier alpha value is -2.51. The highest BCUT2D eigenvalue weighted by Gasteiger charge is 2.31. The average molecular weight is 387 g/mol. The fourth-order valence-electron chi connectivity index (χ4n) is 2.98. The molecule has 6 nitrogen and oxygen atoms in total. The summed E-state index contributed by atoms with van der Waals surface area (Å²) < 4.78 is 1.66. The predicted molar refractivity (Wildman–Crippen MR) is 102 cm³/mol. The van der Waals surface area contributed by atoms with Crippen LogP contribution in [0.1, 0.15) is 22.1 Å². The Labute approximate surface area is 159 Å². The summed E-state index contributed by atoms with van der Waals surface area (Å²) in [6.45, 7) is 1.91. The lowest BCUT2D eigenvalue weighted by Gasteiger charge is -2.16. The Morgan fingerprint density at radius 2 is 2.19 bits per heavy atom. The molecule has 0 aliphatic carbocycles. The molecule has 0 bridgehead atoms. The predicted octanol–water partition coefficient (Wildman–Crippen LogP) is 3.71. The Morgan fingerprint density at radius 3 is 2.92 bits per heavy atom. The van der Waals surface area contributed by atoms with Gasteiger partial charge in [-0.05, 0) is 36.8 Å². The van der Waals surface area contributed by atoms with Gasteiger partial charge in [0.15, 0.2) is 5.82 Å². The number of amides is 1. The van der Waals surface area contributed by atoms with Crippen LogP contribution in [0.5, 0.6) is 5.75 Å². The van der Waals surface area contributed by atoms with Crippen molar-refractivity contribution in [2.75, 3.05) is 11.1 Å². The average Bonchev–Trinajstić information content (AvgIpc) is 2.84. The number of phenolic OH excluding ortho intramolecular Hbond substituents is 1. The van der Waals surface area contributed by atoms with Gasteiger partial charge in [-0.25, -0.2) is 4.98 Å². The van der Waals surface area contributed by atoms with E-state index in [0.29, 0.717) is 17.4 Å². The van der Waals surface area contributed by atoms with Gasteiger partial charge in [0.2, 0.25) is 5.91 Å². The van der Waals surface area contributed by atoms with Gasteiger partial charge < -0.3 is 10.4 Å². The van der Waals surface area contributed by atoms with Gasteiger partial charge in [0.05, 0.1) is 21.7 Å². The first-order valence-electron chi connectivity index (χ1n) is 7.95. The maximum atomic E-state index is 12.3. The highest BCUT2D eigenvalue weighted by Crippen LogP contribution is 2.44. The van der Waals surface area contributed by atoms with E-state index in [-0.39, 0.29) is 21.9 Å². The highest BCUT2D eigenvalue weighted by atomic mass is 35.5. The molecule has 0 spiro atoms. The van der Waals surface area contributed by atoms with Crippen LogP contribution in [0.25, 0.3) is 5.82 Å². The molecule has 132 valence electrons. The molecule has 0 saturated heterocycles. The van der Waals surface area contributed by atoms with Gasteiger partial charge in [-0.15, -0.1) is 11.8 Å². The van der Waals surface area contributed by atoms with Crippen molar-refractivity contribution in [1.29, 1.82) is 0 Å². The summed E-state index contributed by atoms with van der Waals surface area (Å²) in [6, 6.07) is 10.6. The smallest absolute Gasteiger partial charge is 0.235 e. The number of nitrogens with zero attached hydrogens (tertiary/aromatic N) is 3. The molecule has 8 heteroatoms. The number of aromatic hydroxyl groups is 1. The molecule has 1 aliphatic heterocycles. The number of aryl methyl sites for hydroxylation is 1. The number of hydrogen-bond donors (Lipinski definition) is 2. The van der Waals surface area contributed by atoms with E-state index in [0.717, 1.165) is 16.8 Å². The van der Waals surface area contributed by atoms with Crippen molar-refractivity contribution in [3.8, 4) is 11.6 Å². The third kappa shape index (κ3) is 2.93. The number of phenols is 1. The number of halogens is 1. The number of benzene rings is 1. The summed E-state index contributed by atoms with van der Waals surface area (Å²) in [7, 11) is 0. The normalized spacial score (nSPS) is 16.7. The molecule has 0 radical (unpaired) electrons. The third-order valence-corrected chi connectivity index (χ3v) is 5.72. The maximum absolute atomic E-state index is 12.3. The lowest BCUT2D eigenvalue weighted by Crippen LogP contribution is -2.16. The number of hydrogen-bond acceptors (Lipinski definition) is 5. The monoisotopic (exact) mass is 386 g/mol. The molecule has 2 N–H and O–H groups in total. The quantitative estimate of drug-likeness (QED) is 0.701. The summed E-state index contributed by atoms with van der Waals surface area (Å²) in [5, 5.41) is 17.4. The Bertz CT molecular complexity index is 990. The number of fused-ring (bicyclic) bond motifs is 1. The highest BCUT2D eigenvalue weighted by molar-refractivity contribution is 8.00. The number of thioether (sulfide) groups is 1. The number of pyridine rings is 1. The molecule has 3 heterocycles. The molecule has 1 aliphatic rings. The largest absolute Gasteiger partial charge is 0.506 e. The first kappa shape index (κ1) is 16.9. The van der Waals surface area contributed by atoms with Crippen molar-refractivity contribution in [3.05, 3.63) is 64.4 Å². The molecule has 4 rings (SSSR count). The van der Waals surface area contributed by atoms with Crippen molar-refractivity contribution in [1.82, 2.24) is 14.8 Å². The van der Waals surface area contributed by atoms with Crippen molar-refractivity contribution in [2.24, 2.45) is 0 Å². The second-order valence-corrected chi connectivity index (χ2v) is 7.40. The van der Waals surface area contributed by atoms with Crippen molar-refractivity contribution >= 4 is 35.1 Å². The Kier molecular flexibility index (Phi) is 4.34. The van der Waals surface area contributed by atoms with E-state index in [9.17, 15) is 9.90 Å². The summed E-state index contributed by atoms with van der Waals surface area (Å²) in [5.74, 6) is 1.49. The second-order valence-electron chi connectivity index (χ2n) is 5.90. The molecule has 1 aromatic carbocycles. The van der Waals surface area contributed by atoms with Gasteiger partial charge in [-0.1, -0.05) is 23.7 Å². The SMILES string of the molecule is Cc1nn(-c2ccccn2)c2c1[C@@H](c1ccc(O)c(Cl)c1)SCC(=O)N2. The molecular weight excluding hydrogens is 372 g/mol. The molecule has 1 amide bonds. The maximum Gasteiger partial charge on any atom is 0.235 e. The standard InChI is InChI=1S/C18H15ClN4O2S/c1-10-16-17(11-5-6-13(24)12(19)8-11)26-9-15(25)21-18(16)23(22-10)14-4-2-3-7-20-14/h2-8,17,24H,9H2,1H3,(H,21,25)/t17-/m1/s1. The number of aromatic nitrogens is 3. The van der Waals surface area contributed by atoms with E-state index >= 15 is 0 Å². The minimum Gasteiger partial charge on any atom is -0.506 e. The zero-order valence-corrected chi connectivity index (χ0v) is 15.4. The zero-order chi connectivity index (χ0) is 18.3. The van der Waals surface area contributed by atoms with E-state index in [4.69, 9.17) is 11.6 Å². The molecule has 26 heavy (non-hydrogen) atoms. The molecule has 1 atom stereocenters. The van der Waals surface area contributed by atoms with Crippen LogP contribution in [-0.4, -0.2) is 31.5 Å². The molecule has 2 aromatic heterocycles. The zero-order valence-electron chi connectivity index (χ0n) is 13.8. The number of rotatable bonds is 2. The number of nitrogens with one attached hydrogen (secondary N) is 1. The van der Waals surface area contributed by atoms with Crippen molar-refractivity contribution in [3.63, 3.8) is 0 Å². The fraction of sp³-hybridized carbons (Fsp3) is 0.167. The van der Waals surface area contributed by atoms with Crippen molar-refractivity contribution < 1.29 is 9.90 Å². The number of carbonyl (C=O) groups excluding carboxylic acids is 1. The summed E-state index contributed by atoms with van der Waals surface area (Å²) in [6.07, 6.45) is 1.68. The molecular formula is C18H15ClN4O2S. The van der Waals surface area contributed by atoms with Crippen LogP contribution in [0.2, 0.25) is 5.02 Å². The first-order valence-corrected chi connectivity index (χ1v) is 9.38. The van der Waals surface area contributed by atoms with Crippen molar-refractivity contribution in [2.45, 2.75) is 12.2 Å². The third-order valence-electron chi connectivity index (χ3n) is 4.15. The van der Waals surface area contributed by atoms with E-state index in [1.54, 1.807) is 23.0 Å². The molecule has 0 saturated carbocycles.